The minimum atomic E-state index is 0.916. The van der Waals surface area contributed by atoms with Crippen LogP contribution in [-0.2, 0) is 6.42 Å². The summed E-state index contributed by atoms with van der Waals surface area (Å²) in [6, 6.07) is 6.35. The van der Waals surface area contributed by atoms with E-state index in [4.69, 9.17) is 4.74 Å². The van der Waals surface area contributed by atoms with Gasteiger partial charge in [-0.15, -0.1) is 0 Å². The van der Waals surface area contributed by atoms with E-state index in [-0.39, 0.29) is 0 Å². The zero-order valence-electron chi connectivity index (χ0n) is 7.72. The van der Waals surface area contributed by atoms with Gasteiger partial charge >= 0.3 is 0 Å². The van der Waals surface area contributed by atoms with E-state index in [1.165, 1.54) is 24.8 Å². The summed E-state index contributed by atoms with van der Waals surface area (Å²) in [6.45, 7) is 0. The van der Waals surface area contributed by atoms with E-state index in [9.17, 15) is 0 Å². The summed E-state index contributed by atoms with van der Waals surface area (Å²) < 4.78 is 6.24. The van der Waals surface area contributed by atoms with E-state index in [1.54, 1.807) is 7.11 Å². The number of halogens is 1. The van der Waals surface area contributed by atoms with E-state index >= 15 is 0 Å². The highest BCUT2D eigenvalue weighted by molar-refractivity contribution is 9.10. The zero-order chi connectivity index (χ0) is 9.26. The maximum atomic E-state index is 5.17. The van der Waals surface area contributed by atoms with Crippen molar-refractivity contribution in [1.29, 1.82) is 0 Å². The van der Waals surface area contributed by atoms with Gasteiger partial charge in [-0.1, -0.05) is 6.07 Å². The van der Waals surface area contributed by atoms with Gasteiger partial charge in [0.25, 0.3) is 0 Å². The highest BCUT2D eigenvalue weighted by Gasteiger charge is 2.21. The Balaban J connectivity index is 2.13. The van der Waals surface area contributed by atoms with Crippen molar-refractivity contribution >= 4 is 15.9 Å². The molecule has 1 saturated carbocycles. The predicted octanol–water partition coefficient (Wildman–Crippen LogP) is 3.41. The van der Waals surface area contributed by atoms with E-state index < -0.39 is 0 Å². The largest absolute Gasteiger partial charge is 0.496 e. The lowest BCUT2D eigenvalue weighted by molar-refractivity contribution is 0.412. The standard InChI is InChI=1S/C11H13BrO/c1-13-11-5-4-9(7-10(11)12)6-8-2-3-8/h4-5,7-8H,2-3,6H2,1H3. The minimum absolute atomic E-state index is 0.916. The van der Waals surface area contributed by atoms with Gasteiger partial charge in [0.1, 0.15) is 5.75 Å². The van der Waals surface area contributed by atoms with E-state index in [0.717, 1.165) is 16.1 Å². The summed E-state index contributed by atoms with van der Waals surface area (Å²) in [4.78, 5) is 0. The van der Waals surface area contributed by atoms with Crippen LogP contribution in [-0.4, -0.2) is 7.11 Å². The van der Waals surface area contributed by atoms with Gasteiger partial charge in [-0.2, -0.15) is 0 Å². The molecule has 0 saturated heterocycles. The molecule has 1 fully saturated rings. The molecular formula is C11H13BrO. The first-order valence-corrected chi connectivity index (χ1v) is 5.41. The Morgan fingerprint density at radius 3 is 2.77 bits per heavy atom. The summed E-state index contributed by atoms with van der Waals surface area (Å²) in [6.07, 6.45) is 4.04. The molecule has 0 amide bonds. The van der Waals surface area contributed by atoms with E-state index in [0.29, 0.717) is 0 Å². The van der Waals surface area contributed by atoms with Gasteiger partial charge in [0, 0.05) is 0 Å². The fraction of sp³-hybridized carbons (Fsp3) is 0.455. The van der Waals surface area contributed by atoms with Crippen LogP contribution in [0.3, 0.4) is 0 Å². The molecule has 0 N–H and O–H groups in total. The Morgan fingerprint density at radius 1 is 1.46 bits per heavy atom. The Kier molecular flexibility index (Phi) is 2.58. The van der Waals surface area contributed by atoms with Crippen LogP contribution >= 0.6 is 15.9 Å². The smallest absolute Gasteiger partial charge is 0.133 e. The van der Waals surface area contributed by atoms with Gasteiger partial charge in [0.05, 0.1) is 11.6 Å². The molecule has 13 heavy (non-hydrogen) atoms. The van der Waals surface area contributed by atoms with Crippen LogP contribution < -0.4 is 4.74 Å². The molecule has 1 aliphatic rings. The normalized spacial score (nSPS) is 15.8. The molecule has 0 radical (unpaired) electrons. The van der Waals surface area contributed by atoms with Crippen LogP contribution in [0.15, 0.2) is 22.7 Å². The maximum Gasteiger partial charge on any atom is 0.133 e. The van der Waals surface area contributed by atoms with Crippen LogP contribution in [0.1, 0.15) is 18.4 Å². The summed E-state index contributed by atoms with van der Waals surface area (Å²) in [5.41, 5.74) is 1.41. The SMILES string of the molecule is COc1ccc(CC2CC2)cc1Br. The first-order chi connectivity index (χ1) is 6.29. The number of ether oxygens (including phenoxy) is 1. The lowest BCUT2D eigenvalue weighted by Gasteiger charge is -2.05. The average Bonchev–Trinajstić information content (AvgIpc) is 2.89. The first kappa shape index (κ1) is 9.07. The molecule has 2 heteroatoms. The molecule has 0 heterocycles. The van der Waals surface area contributed by atoms with Crippen LogP contribution in [0.4, 0.5) is 0 Å². The Morgan fingerprint density at radius 2 is 2.23 bits per heavy atom. The van der Waals surface area contributed by atoms with Gasteiger partial charge in [-0.25, -0.2) is 0 Å². The molecule has 0 aromatic heterocycles. The summed E-state index contributed by atoms with van der Waals surface area (Å²) in [7, 11) is 1.70. The van der Waals surface area contributed by atoms with Gasteiger partial charge in [0.2, 0.25) is 0 Å². The Bertz CT molecular complexity index is 305. The predicted molar refractivity (Wildman–Crippen MR) is 57.1 cm³/mol. The van der Waals surface area contributed by atoms with Crippen molar-refractivity contribution in [3.8, 4) is 5.75 Å². The lowest BCUT2D eigenvalue weighted by Crippen LogP contribution is -1.89. The fourth-order valence-electron chi connectivity index (χ4n) is 1.49. The molecule has 0 aliphatic heterocycles. The van der Waals surface area contributed by atoms with Crippen molar-refractivity contribution in [2.75, 3.05) is 7.11 Å². The highest BCUT2D eigenvalue weighted by atomic mass is 79.9. The Labute approximate surface area is 87.2 Å². The number of benzene rings is 1. The molecule has 2 rings (SSSR count). The summed E-state index contributed by atoms with van der Waals surface area (Å²) >= 11 is 3.49. The maximum absolute atomic E-state index is 5.17. The van der Waals surface area contributed by atoms with Crippen molar-refractivity contribution < 1.29 is 4.74 Å². The molecule has 0 bridgehead atoms. The van der Waals surface area contributed by atoms with Crippen molar-refractivity contribution in [1.82, 2.24) is 0 Å². The molecular weight excluding hydrogens is 228 g/mol. The minimum Gasteiger partial charge on any atom is -0.496 e. The van der Waals surface area contributed by atoms with Gasteiger partial charge in [0.15, 0.2) is 0 Å². The van der Waals surface area contributed by atoms with Crippen molar-refractivity contribution in [2.45, 2.75) is 19.3 Å². The fourth-order valence-corrected chi connectivity index (χ4v) is 2.08. The van der Waals surface area contributed by atoms with Crippen molar-refractivity contribution in [3.05, 3.63) is 28.2 Å². The molecule has 0 unspecified atom stereocenters. The second-order valence-electron chi connectivity index (χ2n) is 3.62. The summed E-state index contributed by atoms with van der Waals surface area (Å²) in [5, 5.41) is 0. The van der Waals surface area contributed by atoms with E-state index in [2.05, 4.69) is 28.1 Å². The van der Waals surface area contributed by atoms with Gasteiger partial charge < -0.3 is 4.74 Å². The highest BCUT2D eigenvalue weighted by Crippen LogP contribution is 2.34. The third-order valence-corrected chi connectivity index (χ3v) is 3.06. The molecule has 1 aromatic rings. The average molecular weight is 241 g/mol. The molecule has 0 atom stereocenters. The lowest BCUT2D eigenvalue weighted by atomic mass is 10.1. The van der Waals surface area contributed by atoms with Gasteiger partial charge in [-0.05, 0) is 58.8 Å². The quantitative estimate of drug-likeness (QED) is 0.787. The number of hydrogen-bond acceptors (Lipinski definition) is 1. The van der Waals surface area contributed by atoms with Gasteiger partial charge in [-0.3, -0.25) is 0 Å². The molecule has 70 valence electrons. The second kappa shape index (κ2) is 3.70. The monoisotopic (exact) mass is 240 g/mol. The van der Waals surface area contributed by atoms with Crippen molar-refractivity contribution in [3.63, 3.8) is 0 Å². The topological polar surface area (TPSA) is 9.23 Å². The zero-order valence-corrected chi connectivity index (χ0v) is 9.30. The number of hydrogen-bond donors (Lipinski definition) is 0. The summed E-state index contributed by atoms with van der Waals surface area (Å²) in [5.74, 6) is 1.86. The molecule has 0 spiro atoms. The van der Waals surface area contributed by atoms with Crippen LogP contribution in [0, 0.1) is 5.92 Å². The number of methoxy groups -OCH3 is 1. The number of rotatable bonds is 3. The van der Waals surface area contributed by atoms with E-state index in [1.807, 2.05) is 6.07 Å². The molecule has 1 aliphatic carbocycles. The molecule has 1 aromatic carbocycles. The molecule has 1 nitrogen and oxygen atoms in total. The van der Waals surface area contributed by atoms with Crippen LogP contribution in [0.5, 0.6) is 5.75 Å². The van der Waals surface area contributed by atoms with Crippen molar-refractivity contribution in [2.24, 2.45) is 5.92 Å². The first-order valence-electron chi connectivity index (χ1n) is 4.62. The second-order valence-corrected chi connectivity index (χ2v) is 4.47. The Hall–Kier alpha value is -0.500. The third-order valence-electron chi connectivity index (χ3n) is 2.44. The van der Waals surface area contributed by atoms with Crippen LogP contribution in [0.2, 0.25) is 0 Å². The van der Waals surface area contributed by atoms with Crippen LogP contribution in [0.25, 0.3) is 0 Å². The third kappa shape index (κ3) is 2.25.